The molecule has 4 rings (SSSR count). The van der Waals surface area contributed by atoms with Gasteiger partial charge in [0.25, 0.3) is 5.91 Å². The normalized spacial score (nSPS) is 17.3. The maximum Gasteiger partial charge on any atom is 0.306 e. The largest absolute Gasteiger partial charge is 0.452 e. The number of benzene rings is 2. The van der Waals surface area contributed by atoms with E-state index in [9.17, 15) is 9.59 Å². The summed E-state index contributed by atoms with van der Waals surface area (Å²) in [4.78, 5) is 31.0. The van der Waals surface area contributed by atoms with Gasteiger partial charge < -0.3 is 9.64 Å². The molecule has 5 nitrogen and oxygen atoms in total. The van der Waals surface area contributed by atoms with Gasteiger partial charge in [0.05, 0.1) is 11.6 Å². The molecule has 1 aliphatic heterocycles. The van der Waals surface area contributed by atoms with E-state index >= 15 is 0 Å². The van der Waals surface area contributed by atoms with Gasteiger partial charge in [-0.2, -0.15) is 0 Å². The molecule has 0 unspecified atom stereocenters. The van der Waals surface area contributed by atoms with Gasteiger partial charge in [-0.3, -0.25) is 14.6 Å². The summed E-state index contributed by atoms with van der Waals surface area (Å²) in [6.07, 6.45) is 1.80. The van der Waals surface area contributed by atoms with Crippen LogP contribution in [0, 0.1) is 0 Å². The predicted molar refractivity (Wildman–Crippen MR) is 106 cm³/mol. The molecule has 28 heavy (non-hydrogen) atoms. The third-order valence-electron chi connectivity index (χ3n) is 5.27. The van der Waals surface area contributed by atoms with Crippen molar-refractivity contribution in [1.29, 1.82) is 0 Å². The number of aromatic nitrogens is 1. The summed E-state index contributed by atoms with van der Waals surface area (Å²) >= 11 is 0. The summed E-state index contributed by atoms with van der Waals surface area (Å²) in [6, 6.07) is 19.6. The van der Waals surface area contributed by atoms with Gasteiger partial charge in [-0.1, -0.05) is 48.5 Å². The molecule has 1 fully saturated rings. The molecule has 5 heteroatoms. The summed E-state index contributed by atoms with van der Waals surface area (Å²) in [7, 11) is 0. The zero-order valence-corrected chi connectivity index (χ0v) is 15.7. The minimum Gasteiger partial charge on any atom is -0.452 e. The molecule has 1 amide bonds. The Morgan fingerprint density at radius 3 is 2.64 bits per heavy atom. The highest BCUT2D eigenvalue weighted by molar-refractivity contribution is 5.87. The SMILES string of the molecule is C[C@@H](c1ccccc1)N(Cc1ccnc2ccccc12)C(=O)[C@H]1CCC(=O)O1. The van der Waals surface area contributed by atoms with Crippen molar-refractivity contribution in [2.75, 3.05) is 0 Å². The second-order valence-electron chi connectivity index (χ2n) is 7.06. The number of hydrogen-bond acceptors (Lipinski definition) is 4. The molecule has 1 aliphatic rings. The summed E-state index contributed by atoms with van der Waals surface area (Å²) < 4.78 is 5.27. The number of nitrogens with zero attached hydrogens (tertiary/aromatic N) is 2. The van der Waals surface area contributed by atoms with Crippen LogP contribution in [0.2, 0.25) is 0 Å². The number of fused-ring (bicyclic) bond motifs is 1. The van der Waals surface area contributed by atoms with E-state index in [-0.39, 0.29) is 17.9 Å². The zero-order chi connectivity index (χ0) is 19.5. The third-order valence-corrected chi connectivity index (χ3v) is 5.27. The quantitative estimate of drug-likeness (QED) is 0.633. The Balaban J connectivity index is 1.70. The van der Waals surface area contributed by atoms with E-state index in [0.29, 0.717) is 19.4 Å². The van der Waals surface area contributed by atoms with Gasteiger partial charge in [-0.05, 0) is 30.2 Å². The molecule has 0 saturated carbocycles. The van der Waals surface area contributed by atoms with Gasteiger partial charge in [0, 0.05) is 31.0 Å². The van der Waals surface area contributed by atoms with Crippen LogP contribution >= 0.6 is 0 Å². The lowest BCUT2D eigenvalue weighted by Crippen LogP contribution is -2.40. The average molecular weight is 374 g/mol. The van der Waals surface area contributed by atoms with E-state index in [2.05, 4.69) is 4.98 Å². The first-order valence-corrected chi connectivity index (χ1v) is 9.51. The number of esters is 1. The van der Waals surface area contributed by atoms with E-state index in [1.807, 2.05) is 67.6 Å². The second-order valence-corrected chi connectivity index (χ2v) is 7.06. The maximum atomic E-state index is 13.3. The van der Waals surface area contributed by atoms with Crippen LogP contribution in [0.5, 0.6) is 0 Å². The first-order valence-electron chi connectivity index (χ1n) is 9.51. The standard InChI is InChI=1S/C23H22N2O3/c1-16(17-7-3-2-4-8-17)25(23(27)21-11-12-22(26)28-21)15-18-13-14-24-20-10-6-5-9-19(18)20/h2-10,13-14,16,21H,11-12,15H2,1H3/t16-,21+/m0/s1. The number of hydrogen-bond donors (Lipinski definition) is 0. The van der Waals surface area contributed by atoms with Crippen LogP contribution in [-0.2, 0) is 20.9 Å². The molecule has 0 radical (unpaired) electrons. The number of para-hydroxylation sites is 1. The molecule has 142 valence electrons. The molecule has 0 bridgehead atoms. The Labute approximate surface area is 163 Å². The molecular weight excluding hydrogens is 352 g/mol. The Bertz CT molecular complexity index is 998. The third kappa shape index (κ3) is 3.60. The number of pyridine rings is 1. The monoisotopic (exact) mass is 374 g/mol. The molecular formula is C23H22N2O3. The first kappa shape index (κ1) is 18.2. The number of amides is 1. The Morgan fingerprint density at radius 2 is 1.89 bits per heavy atom. The van der Waals surface area contributed by atoms with Crippen LogP contribution in [-0.4, -0.2) is 27.9 Å². The lowest BCUT2D eigenvalue weighted by Gasteiger charge is -2.31. The van der Waals surface area contributed by atoms with E-state index in [4.69, 9.17) is 4.74 Å². The highest BCUT2D eigenvalue weighted by atomic mass is 16.6. The molecule has 0 spiro atoms. The molecule has 2 heterocycles. The Morgan fingerprint density at radius 1 is 1.14 bits per heavy atom. The fraction of sp³-hybridized carbons (Fsp3) is 0.261. The number of carbonyl (C=O) groups is 2. The molecule has 3 aromatic rings. The van der Waals surface area contributed by atoms with Gasteiger partial charge in [0.15, 0.2) is 6.10 Å². The molecule has 1 aromatic heterocycles. The lowest BCUT2D eigenvalue weighted by atomic mass is 10.0. The van der Waals surface area contributed by atoms with E-state index in [0.717, 1.165) is 22.0 Å². The fourth-order valence-corrected chi connectivity index (χ4v) is 3.68. The fourth-order valence-electron chi connectivity index (χ4n) is 3.68. The van der Waals surface area contributed by atoms with Gasteiger partial charge >= 0.3 is 5.97 Å². The van der Waals surface area contributed by atoms with Crippen LogP contribution in [0.3, 0.4) is 0 Å². The molecule has 1 saturated heterocycles. The maximum absolute atomic E-state index is 13.3. The first-order chi connectivity index (χ1) is 13.6. The summed E-state index contributed by atoms with van der Waals surface area (Å²) in [5, 5.41) is 1.02. The van der Waals surface area contributed by atoms with Crippen molar-refractivity contribution < 1.29 is 14.3 Å². The summed E-state index contributed by atoms with van der Waals surface area (Å²) in [5.41, 5.74) is 2.96. The van der Waals surface area contributed by atoms with Crippen molar-refractivity contribution >= 4 is 22.8 Å². The van der Waals surface area contributed by atoms with Crippen molar-refractivity contribution in [3.63, 3.8) is 0 Å². The molecule has 2 aromatic carbocycles. The van der Waals surface area contributed by atoms with Gasteiger partial charge in [-0.15, -0.1) is 0 Å². The number of rotatable bonds is 5. The summed E-state index contributed by atoms with van der Waals surface area (Å²) in [5.74, 6) is -0.455. The highest BCUT2D eigenvalue weighted by Gasteiger charge is 2.35. The van der Waals surface area contributed by atoms with Crippen LogP contribution < -0.4 is 0 Å². The molecule has 2 atom stereocenters. The zero-order valence-electron chi connectivity index (χ0n) is 15.7. The van der Waals surface area contributed by atoms with Crippen molar-refractivity contribution in [2.24, 2.45) is 0 Å². The van der Waals surface area contributed by atoms with Crippen molar-refractivity contribution in [3.05, 3.63) is 78.0 Å². The van der Waals surface area contributed by atoms with Gasteiger partial charge in [0.2, 0.25) is 0 Å². The average Bonchev–Trinajstić information content (AvgIpc) is 3.18. The van der Waals surface area contributed by atoms with Crippen LogP contribution in [0.15, 0.2) is 66.9 Å². The minimum atomic E-state index is -0.702. The van der Waals surface area contributed by atoms with Crippen LogP contribution in [0.25, 0.3) is 10.9 Å². The number of cyclic esters (lactones) is 1. The summed E-state index contributed by atoms with van der Waals surface area (Å²) in [6.45, 7) is 2.43. The van der Waals surface area contributed by atoms with Crippen molar-refractivity contribution in [1.82, 2.24) is 9.88 Å². The van der Waals surface area contributed by atoms with Gasteiger partial charge in [-0.25, -0.2) is 0 Å². The van der Waals surface area contributed by atoms with Gasteiger partial charge in [0.1, 0.15) is 0 Å². The van der Waals surface area contributed by atoms with E-state index in [1.165, 1.54) is 0 Å². The van der Waals surface area contributed by atoms with Crippen LogP contribution in [0.1, 0.15) is 36.9 Å². The lowest BCUT2D eigenvalue weighted by molar-refractivity contribution is -0.154. The van der Waals surface area contributed by atoms with Crippen LogP contribution in [0.4, 0.5) is 0 Å². The van der Waals surface area contributed by atoms with Crippen molar-refractivity contribution in [3.8, 4) is 0 Å². The minimum absolute atomic E-state index is 0.150. The number of carbonyl (C=O) groups excluding carboxylic acids is 2. The Hall–Kier alpha value is -3.21. The smallest absolute Gasteiger partial charge is 0.306 e. The predicted octanol–water partition coefficient (Wildman–Crippen LogP) is 4.03. The number of ether oxygens (including phenoxy) is 1. The van der Waals surface area contributed by atoms with E-state index < -0.39 is 6.10 Å². The second kappa shape index (κ2) is 7.80. The van der Waals surface area contributed by atoms with E-state index in [1.54, 1.807) is 11.1 Å². The topological polar surface area (TPSA) is 59.5 Å². The highest BCUT2D eigenvalue weighted by Crippen LogP contribution is 2.28. The van der Waals surface area contributed by atoms with Crippen molar-refractivity contribution in [2.45, 2.75) is 38.5 Å². The molecule has 0 aliphatic carbocycles. The molecule has 0 N–H and O–H groups in total. The Kier molecular flexibility index (Phi) is 5.06.